The molecule has 26 heavy (non-hydrogen) atoms. The van der Waals surface area contributed by atoms with E-state index in [0.717, 1.165) is 12.8 Å². The zero-order valence-corrected chi connectivity index (χ0v) is 15.5. The number of hydrogen-bond donors (Lipinski definition) is 1. The molecule has 2 fully saturated rings. The number of carbonyl (C=O) groups excluding carboxylic acids is 1. The van der Waals surface area contributed by atoms with E-state index in [1.807, 2.05) is 0 Å². The molecule has 2 aliphatic rings. The van der Waals surface area contributed by atoms with Crippen molar-refractivity contribution in [3.8, 4) is 0 Å². The Hall–Kier alpha value is -1.55. The number of anilines is 1. The highest BCUT2D eigenvalue weighted by Gasteiger charge is 2.33. The number of piperazine rings is 1. The second kappa shape index (κ2) is 8.43. The van der Waals surface area contributed by atoms with Gasteiger partial charge in [-0.05, 0) is 25.0 Å². The Morgan fingerprint density at radius 3 is 2.27 bits per heavy atom. The molecule has 1 aromatic carbocycles. The molecule has 0 aromatic heterocycles. The Morgan fingerprint density at radius 2 is 1.62 bits per heavy atom. The average molecular weight is 384 g/mol. The van der Waals surface area contributed by atoms with E-state index in [-0.39, 0.29) is 18.0 Å². The molecule has 0 atom stereocenters. The zero-order chi connectivity index (χ0) is 18.6. The monoisotopic (exact) mass is 384 g/mol. The topological polar surface area (TPSA) is 73.0 Å². The van der Waals surface area contributed by atoms with E-state index in [2.05, 4.69) is 10.2 Å². The van der Waals surface area contributed by atoms with Crippen molar-refractivity contribution >= 4 is 21.8 Å². The number of para-hydroxylation sites is 1. The molecule has 2 heterocycles. The largest absolute Gasteiger partial charge is 0.324 e. The van der Waals surface area contributed by atoms with Crippen LogP contribution in [-0.2, 0) is 15.0 Å². The maximum absolute atomic E-state index is 13.5. The Morgan fingerprint density at radius 1 is 1.00 bits per heavy atom. The molecule has 7 nitrogen and oxygen atoms in total. The third-order valence-corrected chi connectivity index (χ3v) is 6.89. The lowest BCUT2D eigenvalue weighted by Crippen LogP contribution is -2.52. The molecule has 1 aromatic rings. The molecule has 0 unspecified atom stereocenters. The average Bonchev–Trinajstić information content (AvgIpc) is 3.18. The fraction of sp³-hybridized carbons (Fsp3) is 0.588. The van der Waals surface area contributed by atoms with Crippen LogP contribution in [0.25, 0.3) is 0 Å². The number of halogens is 1. The molecule has 1 N–H and O–H groups in total. The number of benzene rings is 1. The van der Waals surface area contributed by atoms with Crippen LogP contribution >= 0.6 is 0 Å². The summed E-state index contributed by atoms with van der Waals surface area (Å²) in [5, 5.41) is 2.57. The van der Waals surface area contributed by atoms with Crippen molar-refractivity contribution in [1.82, 2.24) is 13.5 Å². The smallest absolute Gasteiger partial charge is 0.282 e. The van der Waals surface area contributed by atoms with Gasteiger partial charge >= 0.3 is 0 Å². The van der Waals surface area contributed by atoms with Crippen LogP contribution < -0.4 is 5.32 Å². The molecule has 9 heteroatoms. The second-order valence-electron chi connectivity index (χ2n) is 6.63. The molecular weight excluding hydrogens is 359 g/mol. The first kappa shape index (κ1) is 19.2. The molecule has 0 spiro atoms. The molecule has 3 rings (SSSR count). The summed E-state index contributed by atoms with van der Waals surface area (Å²) in [5.74, 6) is -0.705. The van der Waals surface area contributed by atoms with E-state index in [9.17, 15) is 17.6 Å². The van der Waals surface area contributed by atoms with Gasteiger partial charge in [-0.1, -0.05) is 12.1 Å². The predicted molar refractivity (Wildman–Crippen MR) is 97.4 cm³/mol. The van der Waals surface area contributed by atoms with Crippen LogP contribution in [-0.4, -0.2) is 73.6 Å². The summed E-state index contributed by atoms with van der Waals surface area (Å²) in [6.45, 7) is 3.82. The summed E-state index contributed by atoms with van der Waals surface area (Å²) >= 11 is 0. The third kappa shape index (κ3) is 4.59. The van der Waals surface area contributed by atoms with Crippen LogP contribution in [0.15, 0.2) is 24.3 Å². The molecule has 144 valence electrons. The first-order valence-electron chi connectivity index (χ1n) is 8.99. The second-order valence-corrected chi connectivity index (χ2v) is 8.56. The molecule has 0 radical (unpaired) electrons. The van der Waals surface area contributed by atoms with Gasteiger partial charge in [0.05, 0.1) is 5.69 Å². The molecule has 2 aliphatic heterocycles. The minimum Gasteiger partial charge on any atom is -0.324 e. The van der Waals surface area contributed by atoms with Crippen molar-refractivity contribution in [1.29, 1.82) is 0 Å². The summed E-state index contributed by atoms with van der Waals surface area (Å²) in [5.41, 5.74) is 0.180. The predicted octanol–water partition coefficient (Wildman–Crippen LogP) is 1.11. The lowest BCUT2D eigenvalue weighted by atomic mass is 10.2. The van der Waals surface area contributed by atoms with Gasteiger partial charge < -0.3 is 10.2 Å². The van der Waals surface area contributed by atoms with E-state index in [0.29, 0.717) is 45.8 Å². The van der Waals surface area contributed by atoms with Crippen LogP contribution in [0.4, 0.5) is 10.1 Å². The molecule has 2 saturated heterocycles. The van der Waals surface area contributed by atoms with Gasteiger partial charge in [-0.2, -0.15) is 17.0 Å². The lowest BCUT2D eigenvalue weighted by Gasteiger charge is -2.35. The Bertz CT molecular complexity index is 729. The number of nitrogens with zero attached hydrogens (tertiary/aromatic N) is 3. The standard InChI is InChI=1S/C17H25FN4O3S/c18-15-5-1-2-6-16(15)19-17(23)7-10-20-11-13-22(14-12-20)26(24,25)21-8-3-4-9-21/h1-2,5-6H,3-4,7-14H2,(H,19,23). The van der Waals surface area contributed by atoms with Gasteiger partial charge in [-0.3, -0.25) is 4.79 Å². The highest BCUT2D eigenvalue weighted by Crippen LogP contribution is 2.18. The highest BCUT2D eigenvalue weighted by molar-refractivity contribution is 7.86. The summed E-state index contributed by atoms with van der Waals surface area (Å²) in [4.78, 5) is 14.1. The van der Waals surface area contributed by atoms with Gasteiger partial charge in [0, 0.05) is 52.2 Å². The minimum atomic E-state index is -3.34. The molecule has 1 amide bonds. The van der Waals surface area contributed by atoms with E-state index < -0.39 is 16.0 Å². The van der Waals surface area contributed by atoms with Crippen molar-refractivity contribution in [3.05, 3.63) is 30.1 Å². The SMILES string of the molecule is O=C(CCN1CCN(S(=O)(=O)N2CCCC2)CC1)Nc1ccccc1F. The summed E-state index contributed by atoms with van der Waals surface area (Å²) in [6.07, 6.45) is 2.10. The molecule has 0 saturated carbocycles. The first-order chi connectivity index (χ1) is 12.5. The van der Waals surface area contributed by atoms with Gasteiger partial charge in [0.1, 0.15) is 5.82 Å². The van der Waals surface area contributed by atoms with Gasteiger partial charge in [0.2, 0.25) is 5.91 Å². The van der Waals surface area contributed by atoms with Gasteiger partial charge in [0.25, 0.3) is 10.2 Å². The van der Waals surface area contributed by atoms with Gasteiger partial charge in [-0.15, -0.1) is 0 Å². The summed E-state index contributed by atoms with van der Waals surface area (Å²) < 4.78 is 41.7. The number of hydrogen-bond acceptors (Lipinski definition) is 4. The summed E-state index contributed by atoms with van der Waals surface area (Å²) in [7, 11) is -3.34. The van der Waals surface area contributed by atoms with Crippen molar-refractivity contribution < 1.29 is 17.6 Å². The third-order valence-electron chi connectivity index (χ3n) is 4.85. The molecule has 0 bridgehead atoms. The number of amides is 1. The maximum Gasteiger partial charge on any atom is 0.282 e. The quantitative estimate of drug-likeness (QED) is 0.798. The van der Waals surface area contributed by atoms with Gasteiger partial charge in [0.15, 0.2) is 0 Å². The van der Waals surface area contributed by atoms with Gasteiger partial charge in [-0.25, -0.2) is 4.39 Å². The van der Waals surface area contributed by atoms with Crippen molar-refractivity contribution in [2.45, 2.75) is 19.3 Å². The van der Waals surface area contributed by atoms with E-state index >= 15 is 0 Å². The summed E-state index contributed by atoms with van der Waals surface area (Å²) in [6, 6.07) is 6.06. The highest BCUT2D eigenvalue weighted by atomic mass is 32.2. The van der Waals surface area contributed by atoms with Crippen LogP contribution in [0, 0.1) is 5.82 Å². The van der Waals surface area contributed by atoms with Crippen molar-refractivity contribution in [3.63, 3.8) is 0 Å². The minimum absolute atomic E-state index is 0.180. The normalized spacial score (nSPS) is 20.3. The fourth-order valence-corrected chi connectivity index (χ4v) is 4.97. The van der Waals surface area contributed by atoms with E-state index in [4.69, 9.17) is 0 Å². The van der Waals surface area contributed by atoms with Crippen molar-refractivity contribution in [2.75, 3.05) is 51.1 Å². The number of rotatable bonds is 6. The Kier molecular flexibility index (Phi) is 6.23. The van der Waals surface area contributed by atoms with Crippen LogP contribution in [0.1, 0.15) is 19.3 Å². The Balaban J connectivity index is 1.43. The lowest BCUT2D eigenvalue weighted by molar-refractivity contribution is -0.116. The number of nitrogens with one attached hydrogen (secondary N) is 1. The zero-order valence-electron chi connectivity index (χ0n) is 14.7. The molecule has 0 aliphatic carbocycles. The number of carbonyl (C=O) groups is 1. The molecular formula is C17H25FN4O3S. The van der Waals surface area contributed by atoms with Crippen LogP contribution in [0.2, 0.25) is 0 Å². The van der Waals surface area contributed by atoms with E-state index in [1.54, 1.807) is 16.4 Å². The maximum atomic E-state index is 13.5. The van der Waals surface area contributed by atoms with Crippen LogP contribution in [0.5, 0.6) is 0 Å². The van der Waals surface area contributed by atoms with Crippen LogP contribution in [0.3, 0.4) is 0 Å². The Labute approximate surface area is 153 Å². The van der Waals surface area contributed by atoms with Crippen molar-refractivity contribution in [2.24, 2.45) is 0 Å². The first-order valence-corrected chi connectivity index (χ1v) is 10.4. The van der Waals surface area contributed by atoms with E-state index in [1.165, 1.54) is 16.4 Å². The fourth-order valence-electron chi connectivity index (χ4n) is 3.30.